The van der Waals surface area contributed by atoms with Gasteiger partial charge in [0.05, 0.1) is 17.9 Å². The smallest absolute Gasteiger partial charge is 0.442 e. The molecule has 0 radical (unpaired) electrons. The highest BCUT2D eigenvalue weighted by atomic mass is 32.2. The van der Waals surface area contributed by atoms with Crippen LogP contribution in [-0.2, 0) is 22.4 Å². The number of hydrogen-bond acceptors (Lipinski definition) is 7. The first-order valence-corrected chi connectivity index (χ1v) is 12.6. The molecular formula is C23H26N3O5S2+. The Hall–Kier alpha value is -2.85. The number of nitrogens with one attached hydrogen (secondary N) is 2. The van der Waals surface area contributed by atoms with Gasteiger partial charge >= 0.3 is 16.6 Å². The predicted molar refractivity (Wildman–Crippen MR) is 126 cm³/mol. The van der Waals surface area contributed by atoms with E-state index in [-0.39, 0.29) is 10.9 Å². The maximum Gasteiger partial charge on any atom is 0.442 e. The van der Waals surface area contributed by atoms with Crippen LogP contribution >= 0.6 is 23.1 Å². The summed E-state index contributed by atoms with van der Waals surface area (Å²) in [5.74, 6) is -0.739. The van der Waals surface area contributed by atoms with Crippen LogP contribution in [0.5, 0.6) is 0 Å². The Kier molecular flexibility index (Phi) is 7.34. The number of H-pyrrole nitrogens is 1. The Balaban J connectivity index is 1.57. The van der Waals surface area contributed by atoms with Crippen molar-refractivity contribution < 1.29 is 23.5 Å². The molecule has 1 aliphatic carbocycles. The number of aromatic nitrogens is 2. The summed E-state index contributed by atoms with van der Waals surface area (Å²) in [6.45, 7) is 1.71. The highest BCUT2D eigenvalue weighted by molar-refractivity contribution is 8.00. The summed E-state index contributed by atoms with van der Waals surface area (Å²) in [6.07, 6.45) is 6.07. The normalized spacial score (nSPS) is 14.6. The number of aromatic amines is 1. The highest BCUT2D eigenvalue weighted by Crippen LogP contribution is 2.38. The first-order valence-electron chi connectivity index (χ1n) is 10.9. The molecule has 2 N–H and O–H groups in total. The fourth-order valence-electron chi connectivity index (χ4n) is 3.87. The summed E-state index contributed by atoms with van der Waals surface area (Å²) in [5.41, 5.74) is 1.61. The van der Waals surface area contributed by atoms with Gasteiger partial charge in [0, 0.05) is 17.0 Å². The Labute approximate surface area is 199 Å². The van der Waals surface area contributed by atoms with Gasteiger partial charge in [-0.1, -0.05) is 31.0 Å². The van der Waals surface area contributed by atoms with Gasteiger partial charge in [0.15, 0.2) is 0 Å². The minimum absolute atomic E-state index is 0.260. The van der Waals surface area contributed by atoms with Gasteiger partial charge in [0.2, 0.25) is 11.6 Å². The number of ether oxygens (including phenoxy) is 1. The van der Waals surface area contributed by atoms with Gasteiger partial charge in [-0.05, 0) is 59.9 Å². The maximum absolute atomic E-state index is 13.1. The van der Waals surface area contributed by atoms with Crippen LogP contribution in [-0.4, -0.2) is 29.5 Å². The molecule has 10 heteroatoms. The number of para-hydroxylation sites is 1. The van der Waals surface area contributed by atoms with Crippen LogP contribution in [0.3, 0.4) is 0 Å². The number of benzene rings is 1. The number of rotatable bonds is 6. The standard InChI is InChI=1S/C23H25N3O5S2/c1-14(32-21-23(29)31-25-26(21)15-10-6-5-7-11-15)19(27)24-20-18(22(28)30-2)16-12-8-3-4-9-13-17(16)33-20/h5-7,10-11,14H,3-4,8-9,12-13H2,1-2H3,(H-,24,25,27,28,29)/p+1. The van der Waals surface area contributed by atoms with Gasteiger partial charge in [-0.15, -0.1) is 11.3 Å². The Morgan fingerprint density at radius 1 is 1.18 bits per heavy atom. The number of methoxy groups -OCH3 is 1. The molecule has 2 aromatic heterocycles. The molecule has 1 atom stereocenters. The summed E-state index contributed by atoms with van der Waals surface area (Å²) in [6, 6.07) is 9.20. The van der Waals surface area contributed by atoms with E-state index in [0.717, 1.165) is 54.3 Å². The second kappa shape index (κ2) is 10.4. The van der Waals surface area contributed by atoms with Crippen LogP contribution in [0.4, 0.5) is 5.00 Å². The Morgan fingerprint density at radius 2 is 1.91 bits per heavy atom. The molecular weight excluding hydrogens is 462 g/mol. The molecule has 1 amide bonds. The summed E-state index contributed by atoms with van der Waals surface area (Å²) >= 11 is 2.54. The summed E-state index contributed by atoms with van der Waals surface area (Å²) in [7, 11) is 1.35. The van der Waals surface area contributed by atoms with Crippen molar-refractivity contribution in [1.82, 2.24) is 5.27 Å². The van der Waals surface area contributed by atoms with Crippen molar-refractivity contribution in [3.05, 3.63) is 56.8 Å². The van der Waals surface area contributed by atoms with Crippen LogP contribution in [0.1, 0.15) is 53.4 Å². The molecule has 174 valence electrons. The van der Waals surface area contributed by atoms with Crippen molar-refractivity contribution in [2.75, 3.05) is 12.4 Å². The van der Waals surface area contributed by atoms with Crippen molar-refractivity contribution in [2.45, 2.75) is 55.7 Å². The Morgan fingerprint density at radius 3 is 2.64 bits per heavy atom. The third-order valence-electron chi connectivity index (χ3n) is 5.58. The maximum atomic E-state index is 13.1. The quantitative estimate of drug-likeness (QED) is 0.310. The average molecular weight is 489 g/mol. The first kappa shape index (κ1) is 23.3. The molecule has 0 spiro atoms. The van der Waals surface area contributed by atoms with Crippen molar-refractivity contribution in [2.24, 2.45) is 0 Å². The number of carbonyl (C=O) groups is 2. The molecule has 0 bridgehead atoms. The van der Waals surface area contributed by atoms with E-state index in [1.807, 2.05) is 30.3 Å². The number of amides is 1. The minimum atomic E-state index is -0.617. The van der Waals surface area contributed by atoms with Crippen LogP contribution < -0.4 is 15.6 Å². The zero-order chi connectivity index (χ0) is 23.4. The number of nitrogens with zero attached hydrogens (tertiary/aromatic N) is 1. The number of carbonyl (C=O) groups excluding carboxylic acids is 2. The van der Waals surface area contributed by atoms with Crippen molar-refractivity contribution in [3.63, 3.8) is 0 Å². The molecule has 1 aliphatic rings. The summed E-state index contributed by atoms with van der Waals surface area (Å²) in [5, 5.41) is 5.66. The van der Waals surface area contributed by atoms with E-state index in [4.69, 9.17) is 9.26 Å². The zero-order valence-electron chi connectivity index (χ0n) is 18.5. The van der Waals surface area contributed by atoms with Gasteiger partial charge in [0.25, 0.3) is 0 Å². The van der Waals surface area contributed by atoms with Crippen LogP contribution in [0.25, 0.3) is 5.69 Å². The molecule has 33 heavy (non-hydrogen) atoms. The molecule has 8 nitrogen and oxygen atoms in total. The monoisotopic (exact) mass is 488 g/mol. The Bertz CT molecular complexity index is 1200. The second-order valence-electron chi connectivity index (χ2n) is 7.82. The van der Waals surface area contributed by atoms with E-state index < -0.39 is 16.8 Å². The summed E-state index contributed by atoms with van der Waals surface area (Å²) in [4.78, 5) is 39.1. The van der Waals surface area contributed by atoms with Gasteiger partial charge in [0.1, 0.15) is 5.00 Å². The fraction of sp³-hybridized carbons (Fsp3) is 0.391. The lowest BCUT2D eigenvalue weighted by molar-refractivity contribution is -0.704. The molecule has 0 fully saturated rings. The number of fused-ring (bicyclic) bond motifs is 1. The average Bonchev–Trinajstić information content (AvgIpc) is 3.33. The van der Waals surface area contributed by atoms with E-state index >= 15 is 0 Å². The minimum Gasteiger partial charge on any atom is -0.465 e. The van der Waals surface area contributed by atoms with Crippen molar-refractivity contribution in [1.29, 1.82) is 0 Å². The number of anilines is 1. The van der Waals surface area contributed by atoms with Gasteiger partial charge < -0.3 is 10.1 Å². The van der Waals surface area contributed by atoms with Crippen molar-refractivity contribution >= 4 is 40.0 Å². The predicted octanol–water partition coefficient (Wildman–Crippen LogP) is 3.87. The molecule has 2 heterocycles. The zero-order valence-corrected chi connectivity index (χ0v) is 20.1. The van der Waals surface area contributed by atoms with Crippen LogP contribution in [0.2, 0.25) is 0 Å². The SMILES string of the molecule is COC(=O)c1c(NC(=O)C(C)Sc2c(=O)o[nH][n+]2-c2ccccc2)sc2c1CCCCCC2. The fourth-order valence-corrected chi connectivity index (χ4v) is 6.04. The molecule has 0 saturated heterocycles. The number of esters is 1. The van der Waals surface area contributed by atoms with Crippen LogP contribution in [0, 0.1) is 0 Å². The number of hydrogen-bond donors (Lipinski definition) is 2. The lowest BCUT2D eigenvalue weighted by Gasteiger charge is -2.11. The number of aryl methyl sites for hydroxylation is 1. The molecule has 0 saturated carbocycles. The lowest BCUT2D eigenvalue weighted by Crippen LogP contribution is -2.37. The van der Waals surface area contributed by atoms with Gasteiger partial charge in [-0.2, -0.15) is 0 Å². The number of thiophene rings is 1. The third-order valence-corrected chi connectivity index (χ3v) is 7.92. The third kappa shape index (κ3) is 5.06. The molecule has 4 rings (SSSR count). The first-order chi connectivity index (χ1) is 16.0. The molecule has 1 unspecified atom stereocenters. The van der Waals surface area contributed by atoms with E-state index in [9.17, 15) is 14.4 Å². The van der Waals surface area contributed by atoms with Gasteiger partial charge in [-0.25, -0.2) is 9.59 Å². The molecule has 0 aliphatic heterocycles. The van der Waals surface area contributed by atoms with Crippen LogP contribution in [0.15, 0.2) is 44.7 Å². The van der Waals surface area contributed by atoms with Gasteiger partial charge in [-0.3, -0.25) is 9.32 Å². The lowest BCUT2D eigenvalue weighted by atomic mass is 9.96. The number of thioether (sulfide) groups is 1. The highest BCUT2D eigenvalue weighted by Gasteiger charge is 2.31. The van der Waals surface area contributed by atoms with Crippen molar-refractivity contribution in [3.8, 4) is 5.69 Å². The van der Waals surface area contributed by atoms with E-state index in [1.54, 1.807) is 6.92 Å². The van der Waals surface area contributed by atoms with E-state index in [1.165, 1.54) is 29.5 Å². The van der Waals surface area contributed by atoms with E-state index in [0.29, 0.717) is 16.3 Å². The molecule has 3 aromatic rings. The largest absolute Gasteiger partial charge is 0.465 e. The molecule has 1 aromatic carbocycles. The van der Waals surface area contributed by atoms with E-state index in [2.05, 4.69) is 10.6 Å². The topological polar surface area (TPSA) is 105 Å². The summed E-state index contributed by atoms with van der Waals surface area (Å²) < 4.78 is 11.5. The second-order valence-corrected chi connectivity index (χ2v) is 10.3.